The summed E-state index contributed by atoms with van der Waals surface area (Å²) in [4.78, 5) is 52.2. The molecular formula is C29H28FN3O9. The number of carbonyl (C=O) groups is 4. The molecule has 0 aromatic heterocycles. The molecule has 42 heavy (non-hydrogen) atoms. The number of Topliss-reactive ketones (excluding diaryl/α,β-unsaturated/α-hetero) is 2. The van der Waals surface area contributed by atoms with Crippen LogP contribution in [0.15, 0.2) is 47.2 Å². The minimum absolute atomic E-state index is 0.00901. The van der Waals surface area contributed by atoms with Crippen molar-refractivity contribution in [3.8, 4) is 11.5 Å². The summed E-state index contributed by atoms with van der Waals surface area (Å²) in [6.45, 7) is -0.264. The van der Waals surface area contributed by atoms with Crippen LogP contribution < -0.4 is 20.7 Å². The van der Waals surface area contributed by atoms with E-state index in [1.807, 2.05) is 0 Å². The van der Waals surface area contributed by atoms with Crippen LogP contribution in [0.1, 0.15) is 29.5 Å². The molecule has 1 saturated carbocycles. The van der Waals surface area contributed by atoms with Crippen molar-refractivity contribution in [3.05, 3.63) is 69.7 Å². The van der Waals surface area contributed by atoms with Crippen LogP contribution >= 0.6 is 0 Å². The van der Waals surface area contributed by atoms with Gasteiger partial charge in [0.1, 0.15) is 34.4 Å². The van der Waals surface area contributed by atoms with Crippen molar-refractivity contribution in [1.82, 2.24) is 5.32 Å². The van der Waals surface area contributed by atoms with Crippen molar-refractivity contribution in [3.63, 3.8) is 0 Å². The summed E-state index contributed by atoms with van der Waals surface area (Å²) in [6, 6.07) is 6.36. The molecule has 0 bridgehead atoms. The molecule has 3 atom stereocenters. The van der Waals surface area contributed by atoms with Gasteiger partial charge in [-0.05, 0) is 54.7 Å². The van der Waals surface area contributed by atoms with Gasteiger partial charge in [0.25, 0.3) is 5.91 Å². The maximum atomic E-state index is 13.7. The van der Waals surface area contributed by atoms with Gasteiger partial charge >= 0.3 is 6.09 Å². The zero-order valence-electron chi connectivity index (χ0n) is 22.6. The molecule has 1 fully saturated rings. The van der Waals surface area contributed by atoms with Crippen LogP contribution in [0.5, 0.6) is 11.5 Å². The van der Waals surface area contributed by atoms with Gasteiger partial charge in [0, 0.05) is 49.8 Å². The van der Waals surface area contributed by atoms with Crippen LogP contribution in [0.2, 0.25) is 0 Å². The van der Waals surface area contributed by atoms with Crippen LogP contribution in [0.25, 0.3) is 5.76 Å². The van der Waals surface area contributed by atoms with E-state index in [1.165, 1.54) is 12.1 Å². The predicted octanol–water partition coefficient (Wildman–Crippen LogP) is 1.92. The Morgan fingerprint density at radius 2 is 1.81 bits per heavy atom. The number of phenols is 1. The van der Waals surface area contributed by atoms with Gasteiger partial charge in [-0.1, -0.05) is 0 Å². The number of aliphatic hydroxyl groups excluding tert-OH is 2. The lowest BCUT2D eigenvalue weighted by molar-refractivity contribution is -0.147. The van der Waals surface area contributed by atoms with E-state index in [1.54, 1.807) is 25.1 Å². The topological polar surface area (TPSA) is 200 Å². The van der Waals surface area contributed by atoms with Crippen LogP contribution in [0, 0.1) is 17.7 Å². The Morgan fingerprint density at radius 3 is 2.43 bits per heavy atom. The molecule has 0 heterocycles. The molecule has 5 rings (SSSR count). The summed E-state index contributed by atoms with van der Waals surface area (Å²) in [5, 5.41) is 47.2. The third-order valence-corrected chi connectivity index (χ3v) is 8.05. The molecule has 220 valence electrons. The van der Waals surface area contributed by atoms with E-state index in [4.69, 9.17) is 10.5 Å². The highest BCUT2D eigenvalue weighted by Crippen LogP contribution is 2.53. The first-order valence-electron chi connectivity index (χ1n) is 13.0. The second-order valence-corrected chi connectivity index (χ2v) is 10.8. The summed E-state index contributed by atoms with van der Waals surface area (Å²) < 4.78 is 18.2. The molecule has 0 unspecified atom stereocenters. The molecule has 3 aliphatic rings. The number of ketones is 2. The molecule has 0 radical (unpaired) electrons. The molecule has 2 amide bonds. The van der Waals surface area contributed by atoms with Gasteiger partial charge in [-0.3, -0.25) is 14.4 Å². The van der Waals surface area contributed by atoms with Crippen molar-refractivity contribution >= 4 is 35.0 Å². The second kappa shape index (κ2) is 10.2. The Kier molecular flexibility index (Phi) is 6.93. The maximum absolute atomic E-state index is 13.7. The molecule has 13 heteroatoms. The zero-order chi connectivity index (χ0) is 30.7. The molecule has 0 saturated heterocycles. The second-order valence-electron chi connectivity index (χ2n) is 10.8. The number of carbonyl (C=O) groups excluding carboxylic acids is 4. The normalized spacial score (nSPS) is 23.1. The molecule has 0 aliphatic heterocycles. The fourth-order valence-electron chi connectivity index (χ4n) is 6.07. The number of primary amides is 1. The Balaban J connectivity index is 1.54. The number of fused-ring (bicyclic) bond motifs is 3. The number of hydrogen-bond donors (Lipinski definition) is 6. The van der Waals surface area contributed by atoms with Crippen molar-refractivity contribution < 1.29 is 48.7 Å². The Morgan fingerprint density at radius 1 is 1.14 bits per heavy atom. The van der Waals surface area contributed by atoms with Crippen molar-refractivity contribution in [1.29, 1.82) is 0 Å². The van der Waals surface area contributed by atoms with Crippen molar-refractivity contribution in [2.24, 2.45) is 17.6 Å². The van der Waals surface area contributed by atoms with Gasteiger partial charge in [-0.2, -0.15) is 0 Å². The van der Waals surface area contributed by atoms with Gasteiger partial charge in [0.15, 0.2) is 11.4 Å². The van der Waals surface area contributed by atoms with Crippen LogP contribution in [-0.4, -0.2) is 63.7 Å². The fourth-order valence-corrected chi connectivity index (χ4v) is 6.07. The zero-order valence-corrected chi connectivity index (χ0v) is 22.6. The number of anilines is 1. The molecule has 2 aromatic carbocycles. The third kappa shape index (κ3) is 4.42. The highest BCUT2D eigenvalue weighted by molar-refractivity contribution is 6.22. The number of nitrogens with one attached hydrogen (secondary N) is 1. The minimum Gasteiger partial charge on any atom is -0.508 e. The number of phenolic OH excluding ortho intramolecular Hbond substituents is 1. The number of halogens is 1. The van der Waals surface area contributed by atoms with Crippen molar-refractivity contribution in [2.75, 3.05) is 19.0 Å². The number of benzene rings is 2. The van der Waals surface area contributed by atoms with E-state index in [9.17, 15) is 44.0 Å². The summed E-state index contributed by atoms with van der Waals surface area (Å²) in [5.74, 6) is -7.61. The molecule has 0 spiro atoms. The lowest BCUT2D eigenvalue weighted by atomic mass is 9.59. The van der Waals surface area contributed by atoms with E-state index >= 15 is 0 Å². The Labute approximate surface area is 238 Å². The van der Waals surface area contributed by atoms with Crippen molar-refractivity contribution in [2.45, 2.75) is 31.4 Å². The Hall–Kier alpha value is -4.91. The first-order valence-corrected chi connectivity index (χ1v) is 13.0. The van der Waals surface area contributed by atoms with Gasteiger partial charge in [-0.25, -0.2) is 9.18 Å². The summed E-state index contributed by atoms with van der Waals surface area (Å²) in [5.41, 5.74) is 2.52. The van der Waals surface area contributed by atoms with Crippen LogP contribution in [0.4, 0.5) is 14.9 Å². The molecular weight excluding hydrogens is 553 g/mol. The number of aromatic hydroxyl groups is 1. The van der Waals surface area contributed by atoms with E-state index in [2.05, 4.69) is 5.32 Å². The number of aliphatic hydroxyl groups is 3. The number of amides is 2. The SMILES string of the molecule is CN(C)c1cc(CNC(=O)Oc2ccc(F)cc2)c(O)c2c1C[C@H]1C[C@H]3CC(=O)C(C(N)=O)=C(O)[C@@]3(O)C(=O)C1=C2O. The first kappa shape index (κ1) is 28.6. The highest BCUT2D eigenvalue weighted by Gasteiger charge is 2.60. The van der Waals surface area contributed by atoms with Gasteiger partial charge in [-0.15, -0.1) is 0 Å². The lowest BCUT2D eigenvalue weighted by Crippen LogP contribution is -2.58. The van der Waals surface area contributed by atoms with Crippen LogP contribution in [-0.2, 0) is 27.3 Å². The number of ether oxygens (including phenoxy) is 1. The largest absolute Gasteiger partial charge is 0.508 e. The highest BCUT2D eigenvalue weighted by atomic mass is 19.1. The van der Waals surface area contributed by atoms with Gasteiger partial charge < -0.3 is 41.1 Å². The summed E-state index contributed by atoms with van der Waals surface area (Å²) in [7, 11) is 3.45. The minimum atomic E-state index is -2.67. The van der Waals surface area contributed by atoms with Crippen LogP contribution in [0.3, 0.4) is 0 Å². The summed E-state index contributed by atoms with van der Waals surface area (Å²) in [6.07, 6.45) is -1.17. The average Bonchev–Trinajstić information content (AvgIpc) is 2.91. The summed E-state index contributed by atoms with van der Waals surface area (Å²) >= 11 is 0. The molecule has 2 aromatic rings. The number of hydrogen-bond acceptors (Lipinski definition) is 10. The van der Waals surface area contributed by atoms with Gasteiger partial charge in [0.05, 0.1) is 5.56 Å². The first-order chi connectivity index (χ1) is 19.7. The van der Waals surface area contributed by atoms with E-state index in [-0.39, 0.29) is 41.8 Å². The lowest BCUT2D eigenvalue weighted by Gasteiger charge is -2.46. The quantitative estimate of drug-likeness (QED) is 0.284. The molecule has 12 nitrogen and oxygen atoms in total. The smallest absolute Gasteiger partial charge is 0.412 e. The fraction of sp³-hybridized carbons (Fsp3) is 0.310. The standard InChI is InChI=1S/C29H28FN3O9/c1-33(2)18-9-13(11-32-28(40)42-16-5-3-15(30)4-6-16)23(35)21-17(18)8-12-7-14-10-19(34)22(27(31)39)26(38)29(14,41)25(37)20(12)24(21)36/h3-6,9,12,14,35-36,38,41H,7-8,10-11H2,1-2H3,(H2,31,39)(H,32,40)/t12-,14+,29+/m1/s1. The average molecular weight is 582 g/mol. The van der Waals surface area contributed by atoms with E-state index in [0.717, 1.165) is 12.1 Å². The Bertz CT molecular complexity index is 1610. The predicted molar refractivity (Wildman–Crippen MR) is 145 cm³/mol. The maximum Gasteiger partial charge on any atom is 0.412 e. The molecule has 7 N–H and O–H groups in total. The molecule has 3 aliphatic carbocycles. The number of rotatable bonds is 5. The van der Waals surface area contributed by atoms with E-state index in [0.29, 0.717) is 11.3 Å². The van der Waals surface area contributed by atoms with Gasteiger partial charge in [0.2, 0.25) is 5.78 Å². The number of nitrogens with two attached hydrogens (primary N) is 1. The van der Waals surface area contributed by atoms with E-state index < -0.39 is 76.1 Å². The third-order valence-electron chi connectivity index (χ3n) is 8.05. The number of nitrogens with zero attached hydrogens (tertiary/aromatic N) is 1. The monoisotopic (exact) mass is 581 g/mol.